The lowest BCUT2D eigenvalue weighted by atomic mass is 10.0. The Balaban J connectivity index is 0.833. The van der Waals surface area contributed by atoms with Crippen molar-refractivity contribution in [2.45, 2.75) is 95.9 Å². The number of rotatable bonds is 20. The highest BCUT2D eigenvalue weighted by Crippen LogP contribution is 2.35. The van der Waals surface area contributed by atoms with E-state index in [1.54, 1.807) is 43.6 Å². The maximum Gasteiger partial charge on any atom is 0.266 e. The monoisotopic (exact) mass is 758 g/mol. The first-order valence-electron chi connectivity index (χ1n) is 18.9. The van der Waals surface area contributed by atoms with Gasteiger partial charge in [-0.1, -0.05) is 57.4 Å². The predicted molar refractivity (Wildman–Crippen MR) is 200 cm³/mol. The van der Waals surface area contributed by atoms with Gasteiger partial charge in [-0.15, -0.1) is 11.3 Å². The van der Waals surface area contributed by atoms with Crippen LogP contribution in [0.15, 0.2) is 36.5 Å². The molecule has 3 aliphatic rings. The minimum atomic E-state index is -1.01. The van der Waals surface area contributed by atoms with Crippen LogP contribution in [0, 0.1) is 5.92 Å². The van der Waals surface area contributed by atoms with Crippen molar-refractivity contribution in [2.24, 2.45) is 5.92 Å². The summed E-state index contributed by atoms with van der Waals surface area (Å²) in [6.07, 6.45) is 14.0. The summed E-state index contributed by atoms with van der Waals surface area (Å²) >= 11 is 1.25. The third-order valence-corrected chi connectivity index (χ3v) is 10.8. The molecule has 2 aliphatic heterocycles. The molecular formula is C39H46N6O8S. The van der Waals surface area contributed by atoms with E-state index in [-0.39, 0.29) is 41.7 Å². The van der Waals surface area contributed by atoms with Crippen molar-refractivity contribution >= 4 is 52.6 Å². The molecule has 2 fully saturated rings. The molecule has 54 heavy (non-hydrogen) atoms. The first-order valence-corrected chi connectivity index (χ1v) is 19.7. The molecule has 0 spiro atoms. The minimum Gasteiger partial charge on any atom is -0.493 e. The number of hydrogen-bond donors (Lipinski definition) is 3. The first kappa shape index (κ1) is 38.5. The lowest BCUT2D eigenvalue weighted by Crippen LogP contribution is -2.54. The van der Waals surface area contributed by atoms with Crippen LogP contribution in [-0.2, 0) is 14.4 Å². The Morgan fingerprint density at radius 3 is 2.24 bits per heavy atom. The van der Waals surface area contributed by atoms with Gasteiger partial charge in [-0.25, -0.2) is 9.97 Å². The molecule has 3 aromatic rings. The molecule has 1 saturated heterocycles. The predicted octanol–water partition coefficient (Wildman–Crippen LogP) is 5.67. The molecule has 4 heterocycles. The zero-order valence-corrected chi connectivity index (χ0v) is 31.3. The molecule has 14 nitrogen and oxygen atoms in total. The van der Waals surface area contributed by atoms with E-state index in [9.17, 15) is 28.8 Å². The second kappa shape index (κ2) is 18.2. The molecule has 2 aromatic heterocycles. The lowest BCUT2D eigenvalue weighted by Gasteiger charge is -2.27. The number of unbranched alkanes of at least 4 members (excludes halogenated alkanes) is 9. The zero-order valence-electron chi connectivity index (χ0n) is 30.4. The van der Waals surface area contributed by atoms with Gasteiger partial charge in [-0.05, 0) is 56.4 Å². The van der Waals surface area contributed by atoms with Crippen LogP contribution in [0.25, 0.3) is 10.6 Å². The van der Waals surface area contributed by atoms with Crippen molar-refractivity contribution in [1.29, 1.82) is 0 Å². The third-order valence-electron chi connectivity index (χ3n) is 9.70. The largest absolute Gasteiger partial charge is 0.493 e. The van der Waals surface area contributed by atoms with E-state index in [0.29, 0.717) is 40.5 Å². The first-order chi connectivity index (χ1) is 26.2. The van der Waals surface area contributed by atoms with E-state index in [1.807, 2.05) is 0 Å². The van der Waals surface area contributed by atoms with Crippen molar-refractivity contribution in [3.63, 3.8) is 0 Å². The molecule has 6 amide bonds. The van der Waals surface area contributed by atoms with Gasteiger partial charge in [0.25, 0.3) is 17.7 Å². The summed E-state index contributed by atoms with van der Waals surface area (Å²) in [5, 5.41) is 8.34. The number of fused-ring (bicyclic) bond motifs is 1. The minimum absolute atomic E-state index is 0.0224. The number of nitrogens with zero attached hydrogens (tertiary/aromatic N) is 3. The molecule has 1 aromatic carbocycles. The molecule has 1 aliphatic carbocycles. The third kappa shape index (κ3) is 9.48. The van der Waals surface area contributed by atoms with Crippen LogP contribution < -0.4 is 25.4 Å². The van der Waals surface area contributed by atoms with Crippen LogP contribution in [0.4, 0.5) is 5.82 Å². The van der Waals surface area contributed by atoms with Crippen LogP contribution in [0.2, 0.25) is 0 Å². The molecule has 1 unspecified atom stereocenters. The van der Waals surface area contributed by atoms with Crippen molar-refractivity contribution in [3.05, 3.63) is 52.5 Å². The number of thiazole rings is 1. The quantitative estimate of drug-likeness (QED) is 0.0958. The summed E-state index contributed by atoms with van der Waals surface area (Å²) < 4.78 is 11.9. The molecule has 286 valence electrons. The number of aromatic nitrogens is 2. The number of carbonyl (C=O) groups is 6. The summed E-state index contributed by atoms with van der Waals surface area (Å²) in [5.74, 6) is -1.25. The second-order valence-corrected chi connectivity index (χ2v) is 14.8. The normalized spacial score (nSPS) is 16.6. The molecule has 0 bridgehead atoms. The van der Waals surface area contributed by atoms with Gasteiger partial charge in [-0.2, -0.15) is 0 Å². The van der Waals surface area contributed by atoms with Gasteiger partial charge < -0.3 is 20.1 Å². The van der Waals surface area contributed by atoms with Gasteiger partial charge in [0.05, 0.1) is 24.3 Å². The number of piperidine rings is 1. The number of pyridine rings is 1. The smallest absolute Gasteiger partial charge is 0.266 e. The van der Waals surface area contributed by atoms with Crippen molar-refractivity contribution in [1.82, 2.24) is 25.5 Å². The Hall–Kier alpha value is -5.18. The van der Waals surface area contributed by atoms with E-state index >= 15 is 0 Å². The maximum absolute atomic E-state index is 13.2. The molecular weight excluding hydrogens is 713 g/mol. The summed E-state index contributed by atoms with van der Waals surface area (Å²) in [5.41, 5.74) is 1.14. The molecule has 6 rings (SSSR count). The molecule has 1 atom stereocenters. The number of hydrogen-bond acceptors (Lipinski definition) is 11. The average molecular weight is 759 g/mol. The highest BCUT2D eigenvalue weighted by Gasteiger charge is 2.46. The van der Waals surface area contributed by atoms with Crippen LogP contribution in [0.1, 0.15) is 120 Å². The lowest BCUT2D eigenvalue weighted by molar-refractivity contribution is -0.136. The number of ether oxygens (including phenoxy) is 2. The number of amides is 6. The standard InChI is InChI=1S/C39H46N6O8S/c1-40-35(49)32-36(44-37(54-32)25-19-20-41-29(23-25)42-33(47)24-15-16-24)53-22-11-9-7-5-3-2-4-6-8-10-21-52-28-14-12-13-26-31(28)39(51)45(38(26)50)27-17-18-30(46)43-34(27)48/h12-14,19-20,23-24,27H,2-11,15-18,21-22H2,1H3,(H,40,49)(H,41,42,47)(H,43,46,48). The van der Waals surface area contributed by atoms with Crippen LogP contribution in [0.5, 0.6) is 11.6 Å². The van der Waals surface area contributed by atoms with Crippen molar-refractivity contribution in [3.8, 4) is 22.2 Å². The topological polar surface area (TPSA) is 186 Å². The Bertz CT molecular complexity index is 1890. The van der Waals surface area contributed by atoms with E-state index in [2.05, 4.69) is 25.9 Å². The Morgan fingerprint density at radius 1 is 0.889 bits per heavy atom. The van der Waals surface area contributed by atoms with Crippen LogP contribution >= 0.6 is 11.3 Å². The molecule has 1 saturated carbocycles. The number of nitrogens with one attached hydrogen (secondary N) is 3. The Kier molecular flexibility index (Phi) is 13.0. The fourth-order valence-electron chi connectivity index (χ4n) is 6.56. The molecule has 0 radical (unpaired) electrons. The Labute approximate surface area is 317 Å². The second-order valence-electron chi connectivity index (χ2n) is 13.8. The van der Waals surface area contributed by atoms with Crippen molar-refractivity contribution < 1.29 is 38.2 Å². The summed E-state index contributed by atoms with van der Waals surface area (Å²) in [7, 11) is 1.57. The number of imide groups is 2. The molecule has 3 N–H and O–H groups in total. The Morgan fingerprint density at radius 2 is 1.57 bits per heavy atom. The number of anilines is 1. The van der Waals surface area contributed by atoms with E-state index in [1.165, 1.54) is 11.3 Å². The number of benzene rings is 1. The van der Waals surface area contributed by atoms with Crippen LogP contribution in [-0.4, -0.2) is 76.6 Å². The van der Waals surface area contributed by atoms with Crippen molar-refractivity contribution in [2.75, 3.05) is 25.6 Å². The fourth-order valence-corrected chi connectivity index (χ4v) is 7.52. The summed E-state index contributed by atoms with van der Waals surface area (Å²) in [6.45, 7) is 0.874. The van der Waals surface area contributed by atoms with E-state index in [0.717, 1.165) is 87.5 Å². The summed E-state index contributed by atoms with van der Waals surface area (Å²) in [4.78, 5) is 85.1. The van der Waals surface area contributed by atoms with Gasteiger partial charge in [-0.3, -0.25) is 39.0 Å². The average Bonchev–Trinajstić information content (AvgIpc) is 3.89. The summed E-state index contributed by atoms with van der Waals surface area (Å²) in [6, 6.07) is 7.45. The zero-order chi connectivity index (χ0) is 38.0. The van der Waals surface area contributed by atoms with Gasteiger partial charge >= 0.3 is 0 Å². The van der Waals surface area contributed by atoms with E-state index in [4.69, 9.17) is 9.47 Å². The van der Waals surface area contributed by atoms with Gasteiger partial charge in [0.2, 0.25) is 23.6 Å². The van der Waals surface area contributed by atoms with Gasteiger partial charge in [0.15, 0.2) is 4.88 Å². The van der Waals surface area contributed by atoms with Crippen LogP contribution in [0.3, 0.4) is 0 Å². The highest BCUT2D eigenvalue weighted by molar-refractivity contribution is 7.17. The molecule has 15 heteroatoms. The SMILES string of the molecule is CNC(=O)c1sc(-c2ccnc(NC(=O)C3CC3)c2)nc1OCCCCCCCCCCCCOc1cccc2c1C(=O)N(C1CCC(=O)NC1=O)C2=O. The fraction of sp³-hybridized carbons (Fsp3) is 0.487. The van der Waals surface area contributed by atoms with Gasteiger partial charge in [0.1, 0.15) is 22.6 Å². The van der Waals surface area contributed by atoms with E-state index < -0.39 is 29.7 Å². The number of carbonyl (C=O) groups excluding carboxylic acids is 6. The maximum atomic E-state index is 13.2. The van der Waals surface area contributed by atoms with Gasteiger partial charge in [0, 0.05) is 31.1 Å². The highest BCUT2D eigenvalue weighted by atomic mass is 32.1.